The normalized spacial score (nSPS) is 10.2. The van der Waals surface area contributed by atoms with Crippen LogP contribution in [0, 0.1) is 0 Å². The zero-order chi connectivity index (χ0) is 6.53. The van der Waals surface area contributed by atoms with Crippen molar-refractivity contribution in [2.45, 2.75) is 0 Å². The number of hydrogen-bond donors (Lipinski definition) is 1. The second-order valence-corrected chi connectivity index (χ2v) is 1.43. The Morgan fingerprint density at radius 1 is 1.67 bits per heavy atom. The summed E-state index contributed by atoms with van der Waals surface area (Å²) in [5.74, 6) is 4.86. The number of aromatic nitrogens is 2. The van der Waals surface area contributed by atoms with Crippen LogP contribution in [0.2, 0.25) is 0 Å². The summed E-state index contributed by atoms with van der Waals surface area (Å²) >= 11 is 0. The van der Waals surface area contributed by atoms with E-state index in [-0.39, 0.29) is 0 Å². The van der Waals surface area contributed by atoms with Gasteiger partial charge in [-0.05, 0) is 12.1 Å². The average Bonchev–Trinajstić information content (AvgIpc) is 1.91. The third-order valence-corrected chi connectivity index (χ3v) is 0.800. The molecule has 9 heavy (non-hydrogen) atoms. The van der Waals surface area contributed by atoms with Gasteiger partial charge < -0.3 is 5.84 Å². The first-order valence-corrected chi connectivity index (χ1v) is 2.44. The van der Waals surface area contributed by atoms with Crippen LogP contribution < -0.4 is 5.84 Å². The molecule has 46 valence electrons. The summed E-state index contributed by atoms with van der Waals surface area (Å²) in [6.45, 7) is 0. The molecule has 0 aliphatic carbocycles. The summed E-state index contributed by atoms with van der Waals surface area (Å²) in [4.78, 5) is 0. The number of rotatable bonds is 1. The predicted octanol–water partition coefficient (Wildman–Crippen LogP) is -0.231. The average molecular weight is 122 g/mol. The molecule has 1 rings (SSSR count). The Morgan fingerprint density at radius 3 is 3.11 bits per heavy atom. The molecule has 0 saturated heterocycles. The van der Waals surface area contributed by atoms with Crippen LogP contribution in [-0.2, 0) is 0 Å². The molecule has 1 aromatic heterocycles. The number of nitrogens with two attached hydrogens (primary N) is 1. The van der Waals surface area contributed by atoms with Gasteiger partial charge in [0.05, 0.1) is 6.21 Å². The van der Waals surface area contributed by atoms with Crippen LogP contribution in [0.4, 0.5) is 0 Å². The Bertz CT molecular complexity index is 193. The summed E-state index contributed by atoms with van der Waals surface area (Å²) < 4.78 is 0. The van der Waals surface area contributed by atoms with Gasteiger partial charge in [-0.2, -0.15) is 10.2 Å². The van der Waals surface area contributed by atoms with Crippen LogP contribution >= 0.6 is 0 Å². The van der Waals surface area contributed by atoms with E-state index in [0.29, 0.717) is 5.69 Å². The van der Waals surface area contributed by atoms with Gasteiger partial charge in [-0.1, -0.05) is 0 Å². The third kappa shape index (κ3) is 1.49. The molecular weight excluding hydrogens is 116 g/mol. The Kier molecular flexibility index (Phi) is 1.74. The van der Waals surface area contributed by atoms with E-state index >= 15 is 0 Å². The maximum atomic E-state index is 4.86. The summed E-state index contributed by atoms with van der Waals surface area (Å²) in [6.07, 6.45) is 3.03. The molecule has 0 aliphatic heterocycles. The smallest absolute Gasteiger partial charge is 0.106 e. The third-order valence-electron chi connectivity index (χ3n) is 0.800. The van der Waals surface area contributed by atoms with Crippen molar-refractivity contribution >= 4 is 6.21 Å². The molecule has 0 bridgehead atoms. The fourth-order valence-corrected chi connectivity index (χ4v) is 0.459. The standard InChI is InChI=1S/C5H6N4/c6-7-4-5-2-1-3-8-9-5/h1-4H,6H2. The lowest BCUT2D eigenvalue weighted by Crippen LogP contribution is -1.90. The van der Waals surface area contributed by atoms with Crippen LogP contribution in [0.3, 0.4) is 0 Å². The summed E-state index contributed by atoms with van der Waals surface area (Å²) in [5.41, 5.74) is 0.667. The van der Waals surface area contributed by atoms with Crippen molar-refractivity contribution in [1.29, 1.82) is 0 Å². The van der Waals surface area contributed by atoms with E-state index in [1.807, 2.05) is 0 Å². The Labute approximate surface area is 52.4 Å². The van der Waals surface area contributed by atoms with Crippen LogP contribution in [-0.4, -0.2) is 16.4 Å². The Balaban J connectivity index is 2.85. The van der Waals surface area contributed by atoms with E-state index in [0.717, 1.165) is 0 Å². The molecule has 0 aromatic carbocycles. The molecule has 4 heteroatoms. The molecule has 0 aliphatic rings. The molecule has 0 amide bonds. The van der Waals surface area contributed by atoms with E-state index in [2.05, 4.69) is 15.3 Å². The maximum Gasteiger partial charge on any atom is 0.106 e. The van der Waals surface area contributed by atoms with Crippen molar-refractivity contribution in [3.8, 4) is 0 Å². The minimum absolute atomic E-state index is 0.667. The fourth-order valence-electron chi connectivity index (χ4n) is 0.459. The highest BCUT2D eigenvalue weighted by atomic mass is 15.1. The number of hydrazone groups is 1. The molecule has 1 aromatic rings. The molecule has 4 nitrogen and oxygen atoms in total. The van der Waals surface area contributed by atoms with Crippen LogP contribution in [0.5, 0.6) is 0 Å². The predicted molar refractivity (Wildman–Crippen MR) is 33.8 cm³/mol. The van der Waals surface area contributed by atoms with Gasteiger partial charge >= 0.3 is 0 Å². The Morgan fingerprint density at radius 2 is 2.56 bits per heavy atom. The van der Waals surface area contributed by atoms with Gasteiger partial charge in [-0.3, -0.25) is 0 Å². The lowest BCUT2D eigenvalue weighted by Gasteiger charge is -1.83. The van der Waals surface area contributed by atoms with Gasteiger partial charge in [-0.25, -0.2) is 0 Å². The highest BCUT2D eigenvalue weighted by Gasteiger charge is 1.82. The summed E-state index contributed by atoms with van der Waals surface area (Å²) in [7, 11) is 0. The second-order valence-electron chi connectivity index (χ2n) is 1.43. The van der Waals surface area contributed by atoms with Crippen molar-refractivity contribution in [3.63, 3.8) is 0 Å². The molecule has 0 saturated carbocycles. The largest absolute Gasteiger partial charge is 0.323 e. The van der Waals surface area contributed by atoms with Gasteiger partial charge in [0.25, 0.3) is 0 Å². The van der Waals surface area contributed by atoms with Crippen molar-refractivity contribution in [3.05, 3.63) is 24.0 Å². The summed E-state index contributed by atoms with van der Waals surface area (Å²) in [5, 5.41) is 10.6. The molecule has 2 N–H and O–H groups in total. The monoisotopic (exact) mass is 122 g/mol. The maximum absolute atomic E-state index is 4.86. The lowest BCUT2D eigenvalue weighted by atomic mass is 10.4. The molecule has 0 fully saturated rings. The Hall–Kier alpha value is -1.45. The lowest BCUT2D eigenvalue weighted by molar-refractivity contribution is 1.02. The number of hydrogen-bond acceptors (Lipinski definition) is 4. The zero-order valence-electron chi connectivity index (χ0n) is 4.73. The minimum Gasteiger partial charge on any atom is -0.323 e. The fraction of sp³-hybridized carbons (Fsp3) is 0. The molecular formula is C5H6N4. The van der Waals surface area contributed by atoms with Crippen molar-refractivity contribution in [2.24, 2.45) is 10.9 Å². The van der Waals surface area contributed by atoms with Gasteiger partial charge in [0.15, 0.2) is 0 Å². The van der Waals surface area contributed by atoms with Crippen molar-refractivity contribution in [2.75, 3.05) is 0 Å². The molecule has 1 heterocycles. The zero-order valence-corrected chi connectivity index (χ0v) is 4.73. The van der Waals surface area contributed by atoms with Gasteiger partial charge in [0.2, 0.25) is 0 Å². The highest BCUT2D eigenvalue weighted by Crippen LogP contribution is 1.82. The second kappa shape index (κ2) is 2.76. The van der Waals surface area contributed by atoms with Gasteiger partial charge in [0, 0.05) is 6.20 Å². The van der Waals surface area contributed by atoms with Crippen molar-refractivity contribution in [1.82, 2.24) is 10.2 Å². The van der Waals surface area contributed by atoms with E-state index in [4.69, 9.17) is 5.84 Å². The van der Waals surface area contributed by atoms with E-state index in [1.54, 1.807) is 18.3 Å². The van der Waals surface area contributed by atoms with Gasteiger partial charge in [0.1, 0.15) is 5.69 Å². The first kappa shape index (κ1) is 5.68. The molecule has 0 spiro atoms. The first-order chi connectivity index (χ1) is 4.43. The molecule has 0 unspecified atom stereocenters. The highest BCUT2D eigenvalue weighted by molar-refractivity contribution is 5.75. The molecule has 0 radical (unpaired) electrons. The van der Waals surface area contributed by atoms with Gasteiger partial charge in [-0.15, -0.1) is 5.10 Å². The quantitative estimate of drug-likeness (QED) is 0.318. The minimum atomic E-state index is 0.667. The van der Waals surface area contributed by atoms with Crippen molar-refractivity contribution < 1.29 is 0 Å². The summed E-state index contributed by atoms with van der Waals surface area (Å²) in [6, 6.07) is 3.54. The number of nitrogens with zero attached hydrogens (tertiary/aromatic N) is 3. The van der Waals surface area contributed by atoms with E-state index in [1.165, 1.54) is 6.21 Å². The SMILES string of the molecule is NN=Cc1cccnn1. The van der Waals surface area contributed by atoms with Crippen LogP contribution in [0.25, 0.3) is 0 Å². The van der Waals surface area contributed by atoms with Crippen LogP contribution in [0.1, 0.15) is 5.69 Å². The molecule has 0 atom stereocenters. The first-order valence-electron chi connectivity index (χ1n) is 2.44. The van der Waals surface area contributed by atoms with Crippen LogP contribution in [0.15, 0.2) is 23.4 Å². The van der Waals surface area contributed by atoms with E-state index in [9.17, 15) is 0 Å². The topological polar surface area (TPSA) is 64.2 Å². The van der Waals surface area contributed by atoms with E-state index < -0.39 is 0 Å².